The van der Waals surface area contributed by atoms with Gasteiger partial charge in [-0.25, -0.2) is 0 Å². The van der Waals surface area contributed by atoms with Crippen molar-refractivity contribution in [2.75, 3.05) is 0 Å². The Morgan fingerprint density at radius 2 is 0.353 bits per heavy atom. The highest BCUT2D eigenvalue weighted by atomic mass is 16.3. The normalized spacial score (nSPS) is 12.2. The first-order valence-corrected chi connectivity index (χ1v) is 33.6. The molecule has 0 fully saturated rings. The molecule has 16 N–H and O–H groups in total. The summed E-state index contributed by atoms with van der Waals surface area (Å²) in [5.74, 6) is -1.31. The monoisotopic (exact) mass is 1330 g/mol. The first kappa shape index (κ1) is 59.4. The molecule has 8 aromatic heterocycles. The van der Waals surface area contributed by atoms with Crippen molar-refractivity contribution in [1.29, 1.82) is 0 Å². The van der Waals surface area contributed by atoms with Gasteiger partial charge in [0, 0.05) is 160 Å². The standard InChI is InChI=1S/C86H62N8O8/c95-47-9-17-75-57(25-47)67(35-87-75)83(68-36-88-76-18-10-48(96)26-58(68)76)45-5-1-43(2-6-45)55-33-66(86(73-41-93-81-23-15-53(101)31-63(73)81)74-42-94-82-24-16-54(102)32-64(74)82)56(34-65(55)85(71-39-91-79-21-13-51(99)29-61(71)79)72-40-92-80-22-14-52(100)30-62(72)80)44-3-7-46(8-4-44)84(69-37-89-77-19-11-49(97)27-59(69)77)70-38-90-78-20-12-50(98)28-60(70)78/h1-42,83-102H. The van der Waals surface area contributed by atoms with Crippen molar-refractivity contribution in [2.24, 2.45) is 0 Å². The second-order valence-corrected chi connectivity index (χ2v) is 26.8. The summed E-state index contributed by atoms with van der Waals surface area (Å²) in [5, 5.41) is 96.5. The molecule has 19 rings (SSSR count). The van der Waals surface area contributed by atoms with Crippen LogP contribution in [0.25, 0.3) is 109 Å². The Hall–Kier alpha value is -13.9. The first-order chi connectivity index (χ1) is 49.8. The Bertz CT molecular complexity index is 5840. The minimum absolute atomic E-state index is 0.0838. The Kier molecular flexibility index (Phi) is 13.3. The van der Waals surface area contributed by atoms with E-state index in [1.807, 2.05) is 98.1 Å². The lowest BCUT2D eigenvalue weighted by Crippen LogP contribution is -2.10. The van der Waals surface area contributed by atoms with E-state index in [1.54, 1.807) is 97.1 Å². The van der Waals surface area contributed by atoms with Crippen LogP contribution in [0.3, 0.4) is 0 Å². The molecule has 0 aliphatic carbocycles. The third kappa shape index (κ3) is 9.67. The zero-order chi connectivity index (χ0) is 68.8. The van der Waals surface area contributed by atoms with E-state index in [9.17, 15) is 40.9 Å². The molecule has 494 valence electrons. The first-order valence-electron chi connectivity index (χ1n) is 33.6. The quantitative estimate of drug-likeness (QED) is 0.0496. The predicted molar refractivity (Wildman–Crippen MR) is 401 cm³/mol. The van der Waals surface area contributed by atoms with E-state index in [0.717, 1.165) is 176 Å². The largest absolute Gasteiger partial charge is 0.508 e. The number of phenolic OH excluding ortho intramolecular Hbond substituents is 8. The lowest BCUT2D eigenvalue weighted by Gasteiger charge is -2.28. The molecule has 0 saturated carbocycles. The summed E-state index contributed by atoms with van der Waals surface area (Å²) in [5.41, 5.74) is 20.5. The van der Waals surface area contributed by atoms with Gasteiger partial charge in [-0.05, 0) is 247 Å². The highest BCUT2D eigenvalue weighted by Crippen LogP contribution is 2.52. The molecule has 8 heterocycles. The number of phenols is 8. The van der Waals surface area contributed by atoms with Crippen LogP contribution in [0.5, 0.6) is 46.0 Å². The van der Waals surface area contributed by atoms with Crippen LogP contribution in [0.15, 0.2) is 256 Å². The Labute approximate surface area is 579 Å². The molecule has 11 aromatic carbocycles. The van der Waals surface area contributed by atoms with Crippen molar-refractivity contribution in [3.05, 3.63) is 323 Å². The summed E-state index contributed by atoms with van der Waals surface area (Å²) < 4.78 is 0. The molecule has 0 saturated heterocycles. The van der Waals surface area contributed by atoms with E-state index in [2.05, 4.69) is 101 Å². The van der Waals surface area contributed by atoms with Crippen molar-refractivity contribution in [3.8, 4) is 68.2 Å². The van der Waals surface area contributed by atoms with Crippen LogP contribution in [0.1, 0.15) is 90.4 Å². The highest BCUT2D eigenvalue weighted by Gasteiger charge is 2.34. The zero-order valence-corrected chi connectivity index (χ0v) is 54.1. The Balaban J connectivity index is 0.913. The molecule has 0 unspecified atom stereocenters. The molecule has 0 amide bonds. The number of hydrogen-bond acceptors (Lipinski definition) is 8. The number of nitrogens with one attached hydrogen (secondary N) is 8. The summed E-state index contributed by atoms with van der Waals surface area (Å²) in [4.78, 5) is 28.1. The maximum Gasteiger partial charge on any atom is 0.116 e. The van der Waals surface area contributed by atoms with E-state index in [1.165, 1.54) is 0 Å². The molecule has 16 nitrogen and oxygen atoms in total. The van der Waals surface area contributed by atoms with Crippen LogP contribution in [-0.4, -0.2) is 80.7 Å². The minimum Gasteiger partial charge on any atom is -0.508 e. The number of benzene rings is 11. The van der Waals surface area contributed by atoms with Gasteiger partial charge in [0.15, 0.2) is 0 Å². The molecular weight excluding hydrogens is 1270 g/mol. The number of rotatable bonds is 14. The SMILES string of the molecule is Oc1ccc2[nH]cc(C(c3ccc(-c4cc(C(c5c[nH]c6ccc(O)cc56)c5c[nH]c6ccc(O)cc56)c(-c5ccc(C(c6c[nH]c7ccc(O)cc67)c6c[nH]c7ccc(O)cc67)cc5)cc4C(c4c[nH]c5ccc(O)cc45)c4c[nH]c5ccc(O)cc45)cc3)c3c[nH]c4ccc(O)cc34)c2c1. The van der Waals surface area contributed by atoms with E-state index in [4.69, 9.17) is 0 Å². The van der Waals surface area contributed by atoms with Crippen molar-refractivity contribution in [2.45, 2.75) is 23.7 Å². The molecular formula is C86H62N8O8. The topological polar surface area (TPSA) is 288 Å². The summed E-state index contributed by atoms with van der Waals surface area (Å²) >= 11 is 0. The predicted octanol–water partition coefficient (Wildman–Crippen LogP) is 19.2. The number of aromatic amines is 8. The zero-order valence-electron chi connectivity index (χ0n) is 54.1. The van der Waals surface area contributed by atoms with Gasteiger partial charge >= 0.3 is 0 Å². The van der Waals surface area contributed by atoms with Crippen LogP contribution < -0.4 is 0 Å². The fraction of sp³-hybridized carbons (Fsp3) is 0.0465. The lowest BCUT2D eigenvalue weighted by atomic mass is 9.74. The van der Waals surface area contributed by atoms with Crippen LogP contribution >= 0.6 is 0 Å². The van der Waals surface area contributed by atoms with Crippen molar-refractivity contribution >= 4 is 87.2 Å². The molecule has 0 aliphatic heterocycles. The van der Waals surface area contributed by atoms with E-state index >= 15 is 0 Å². The van der Waals surface area contributed by atoms with Gasteiger partial charge in [0.05, 0.1) is 0 Å². The summed E-state index contributed by atoms with van der Waals surface area (Å²) in [6.45, 7) is 0. The molecule has 16 heteroatoms. The van der Waals surface area contributed by atoms with Crippen molar-refractivity contribution in [3.63, 3.8) is 0 Å². The van der Waals surface area contributed by atoms with Crippen LogP contribution in [0.2, 0.25) is 0 Å². The minimum atomic E-state index is -0.641. The number of aromatic nitrogens is 8. The molecule has 0 bridgehead atoms. The molecule has 0 radical (unpaired) electrons. The summed E-state index contributed by atoms with van der Waals surface area (Å²) in [6, 6.07) is 64.3. The summed E-state index contributed by atoms with van der Waals surface area (Å²) in [6.07, 6.45) is 16.0. The molecule has 19 aromatic rings. The van der Waals surface area contributed by atoms with Crippen LogP contribution in [-0.2, 0) is 0 Å². The van der Waals surface area contributed by atoms with E-state index < -0.39 is 23.7 Å². The average molecular weight is 1340 g/mol. The second-order valence-electron chi connectivity index (χ2n) is 26.8. The maximum atomic E-state index is 11.5. The van der Waals surface area contributed by atoms with Gasteiger partial charge in [0.25, 0.3) is 0 Å². The van der Waals surface area contributed by atoms with Gasteiger partial charge in [-0.1, -0.05) is 48.5 Å². The molecule has 0 atom stereocenters. The van der Waals surface area contributed by atoms with Crippen LogP contribution in [0, 0.1) is 0 Å². The summed E-state index contributed by atoms with van der Waals surface area (Å²) in [7, 11) is 0. The van der Waals surface area contributed by atoms with Crippen molar-refractivity contribution in [1.82, 2.24) is 39.9 Å². The second kappa shape index (κ2) is 22.9. The third-order valence-electron chi connectivity index (χ3n) is 21.0. The maximum absolute atomic E-state index is 11.5. The smallest absolute Gasteiger partial charge is 0.116 e. The van der Waals surface area contributed by atoms with Gasteiger partial charge in [0.2, 0.25) is 0 Å². The van der Waals surface area contributed by atoms with Gasteiger partial charge in [0.1, 0.15) is 46.0 Å². The number of aromatic hydroxyl groups is 8. The van der Waals surface area contributed by atoms with E-state index in [0.29, 0.717) is 0 Å². The van der Waals surface area contributed by atoms with Gasteiger partial charge < -0.3 is 80.7 Å². The van der Waals surface area contributed by atoms with Crippen molar-refractivity contribution < 1.29 is 40.9 Å². The molecule has 0 aliphatic rings. The Morgan fingerprint density at radius 1 is 0.176 bits per heavy atom. The number of H-pyrrole nitrogens is 8. The fourth-order valence-electron chi connectivity index (χ4n) is 16.3. The fourth-order valence-corrected chi connectivity index (χ4v) is 16.3. The highest BCUT2D eigenvalue weighted by molar-refractivity contribution is 5.97. The van der Waals surface area contributed by atoms with Gasteiger partial charge in [-0.3, -0.25) is 0 Å². The number of fused-ring (bicyclic) bond motifs is 8. The lowest BCUT2D eigenvalue weighted by molar-refractivity contribution is 0.475. The Morgan fingerprint density at radius 3 is 0.539 bits per heavy atom. The average Bonchev–Trinajstić information content (AvgIpc) is 1.48. The van der Waals surface area contributed by atoms with E-state index in [-0.39, 0.29) is 46.0 Å². The molecule has 102 heavy (non-hydrogen) atoms. The van der Waals surface area contributed by atoms with Gasteiger partial charge in [-0.2, -0.15) is 0 Å². The van der Waals surface area contributed by atoms with Crippen LogP contribution in [0.4, 0.5) is 0 Å². The molecule has 0 spiro atoms. The number of hydrogen-bond donors (Lipinski definition) is 16. The van der Waals surface area contributed by atoms with Gasteiger partial charge in [-0.15, -0.1) is 0 Å². The third-order valence-corrected chi connectivity index (χ3v) is 21.0.